The minimum atomic E-state index is -0.250. The van der Waals surface area contributed by atoms with Gasteiger partial charge in [0.25, 0.3) is 0 Å². The number of benzene rings is 1. The number of fused-ring (bicyclic) bond motifs is 2. The number of carbonyl (C=O) groups is 1. The third-order valence-electron chi connectivity index (χ3n) is 4.63. The monoisotopic (exact) mass is 293 g/mol. The van der Waals surface area contributed by atoms with Crippen LogP contribution in [0, 0.1) is 0 Å². The highest BCUT2D eigenvalue weighted by Crippen LogP contribution is 2.34. The van der Waals surface area contributed by atoms with Gasteiger partial charge in [-0.05, 0) is 38.1 Å². The summed E-state index contributed by atoms with van der Waals surface area (Å²) < 4.78 is 5.69. The van der Waals surface area contributed by atoms with Crippen molar-refractivity contribution < 1.29 is 9.53 Å². The first kappa shape index (κ1) is 13.9. The van der Waals surface area contributed by atoms with E-state index in [0.29, 0.717) is 22.7 Å². The number of esters is 1. The molecule has 2 aliphatic heterocycles. The van der Waals surface area contributed by atoms with Crippen LogP contribution in [0.15, 0.2) is 24.3 Å². The number of hydrogen-bond donors (Lipinski definition) is 0. The molecule has 3 nitrogen and oxygen atoms in total. The molecule has 0 N–H and O–H groups in total. The van der Waals surface area contributed by atoms with Crippen LogP contribution in [0.1, 0.15) is 42.5 Å². The van der Waals surface area contributed by atoms with Crippen molar-refractivity contribution in [2.24, 2.45) is 0 Å². The van der Waals surface area contributed by atoms with Crippen LogP contribution in [-0.2, 0) is 4.74 Å². The highest BCUT2D eigenvalue weighted by Gasteiger charge is 2.37. The topological polar surface area (TPSA) is 29.5 Å². The van der Waals surface area contributed by atoms with Gasteiger partial charge >= 0.3 is 5.97 Å². The van der Waals surface area contributed by atoms with Crippen molar-refractivity contribution >= 4 is 17.6 Å². The molecule has 20 heavy (non-hydrogen) atoms. The fourth-order valence-corrected chi connectivity index (χ4v) is 3.69. The number of hydrogen-bond acceptors (Lipinski definition) is 3. The van der Waals surface area contributed by atoms with E-state index in [4.69, 9.17) is 16.3 Å². The Morgan fingerprint density at radius 3 is 2.65 bits per heavy atom. The first-order chi connectivity index (χ1) is 9.63. The summed E-state index contributed by atoms with van der Waals surface area (Å²) >= 11 is 5.91. The maximum atomic E-state index is 12.2. The second kappa shape index (κ2) is 5.74. The molecule has 2 heterocycles. The van der Waals surface area contributed by atoms with Gasteiger partial charge in [-0.25, -0.2) is 4.79 Å². The Kier molecular flexibility index (Phi) is 3.99. The summed E-state index contributed by atoms with van der Waals surface area (Å²) in [6.07, 6.45) is 5.71. The Morgan fingerprint density at radius 2 is 2.00 bits per heavy atom. The third kappa shape index (κ3) is 2.84. The van der Waals surface area contributed by atoms with Gasteiger partial charge in [0.15, 0.2) is 0 Å². The van der Waals surface area contributed by atoms with Crippen LogP contribution in [0.4, 0.5) is 0 Å². The molecule has 0 aliphatic carbocycles. The van der Waals surface area contributed by atoms with Gasteiger partial charge in [0.05, 0.1) is 5.56 Å². The van der Waals surface area contributed by atoms with Crippen LogP contribution in [0.2, 0.25) is 5.02 Å². The van der Waals surface area contributed by atoms with Gasteiger partial charge < -0.3 is 9.64 Å². The second-order valence-corrected chi connectivity index (χ2v) is 6.35. The highest BCUT2D eigenvalue weighted by molar-refractivity contribution is 6.30. The SMILES string of the molecule is CN1C2CCCC1CC(OC(=O)c1cccc(Cl)c1)C2. The lowest BCUT2D eigenvalue weighted by molar-refractivity contribution is -0.0318. The van der Waals surface area contributed by atoms with Crippen LogP contribution < -0.4 is 0 Å². The summed E-state index contributed by atoms with van der Waals surface area (Å²) in [7, 11) is 2.20. The molecule has 0 spiro atoms. The molecule has 108 valence electrons. The molecular formula is C16H20ClNO2. The van der Waals surface area contributed by atoms with Gasteiger partial charge in [-0.1, -0.05) is 24.1 Å². The molecule has 1 aromatic carbocycles. The number of piperidine rings is 2. The summed E-state index contributed by atoms with van der Waals surface area (Å²) in [6, 6.07) is 8.10. The van der Waals surface area contributed by atoms with Crippen molar-refractivity contribution in [3.63, 3.8) is 0 Å². The normalized spacial score (nSPS) is 30.0. The van der Waals surface area contributed by atoms with E-state index in [1.807, 2.05) is 0 Å². The maximum Gasteiger partial charge on any atom is 0.338 e. The quantitative estimate of drug-likeness (QED) is 0.782. The Labute approximate surface area is 124 Å². The molecule has 0 saturated carbocycles. The van der Waals surface area contributed by atoms with E-state index >= 15 is 0 Å². The molecule has 2 fully saturated rings. The van der Waals surface area contributed by atoms with Gasteiger partial charge in [0.1, 0.15) is 6.10 Å². The lowest BCUT2D eigenvalue weighted by atomic mass is 9.83. The molecule has 0 aromatic heterocycles. The Balaban J connectivity index is 1.65. The number of carbonyl (C=O) groups excluding carboxylic acids is 1. The van der Waals surface area contributed by atoms with Crippen LogP contribution in [0.5, 0.6) is 0 Å². The van der Waals surface area contributed by atoms with Crippen molar-refractivity contribution in [1.82, 2.24) is 4.90 Å². The standard InChI is InChI=1S/C16H20ClNO2/c1-18-13-6-3-7-14(18)10-15(9-13)20-16(19)11-4-2-5-12(17)8-11/h2,4-5,8,13-15H,3,6-7,9-10H2,1H3. The zero-order valence-corrected chi connectivity index (χ0v) is 12.5. The molecule has 2 atom stereocenters. The lowest BCUT2D eigenvalue weighted by Gasteiger charge is -2.46. The lowest BCUT2D eigenvalue weighted by Crippen LogP contribution is -2.52. The van der Waals surface area contributed by atoms with Gasteiger partial charge in [-0.15, -0.1) is 0 Å². The largest absolute Gasteiger partial charge is 0.459 e. The Hall–Kier alpha value is -1.06. The third-order valence-corrected chi connectivity index (χ3v) is 4.87. The molecule has 0 radical (unpaired) electrons. The average molecular weight is 294 g/mol. The first-order valence-electron chi connectivity index (χ1n) is 7.32. The van der Waals surface area contributed by atoms with Crippen LogP contribution in [0.25, 0.3) is 0 Å². The predicted octanol–water partition coefficient (Wildman–Crippen LogP) is 3.51. The fraction of sp³-hybridized carbons (Fsp3) is 0.562. The molecule has 3 rings (SSSR count). The zero-order chi connectivity index (χ0) is 14.1. The van der Waals surface area contributed by atoms with Gasteiger partial charge in [-0.3, -0.25) is 0 Å². The molecule has 2 saturated heterocycles. The molecule has 2 aliphatic rings. The number of rotatable bonds is 2. The summed E-state index contributed by atoms with van der Waals surface area (Å²) in [4.78, 5) is 14.6. The fourth-order valence-electron chi connectivity index (χ4n) is 3.50. The van der Waals surface area contributed by atoms with Gasteiger partial charge in [0, 0.05) is 29.9 Å². The van der Waals surface area contributed by atoms with E-state index in [-0.39, 0.29) is 12.1 Å². The number of ether oxygens (including phenoxy) is 1. The molecule has 4 heteroatoms. The van der Waals surface area contributed by atoms with E-state index in [0.717, 1.165) is 12.8 Å². The van der Waals surface area contributed by atoms with Crippen LogP contribution in [-0.4, -0.2) is 36.1 Å². The molecule has 2 unspecified atom stereocenters. The van der Waals surface area contributed by atoms with Crippen molar-refractivity contribution in [3.05, 3.63) is 34.9 Å². The Morgan fingerprint density at radius 1 is 1.30 bits per heavy atom. The minimum Gasteiger partial charge on any atom is -0.459 e. The van der Waals surface area contributed by atoms with Crippen molar-refractivity contribution in [3.8, 4) is 0 Å². The average Bonchev–Trinajstić information content (AvgIpc) is 2.40. The minimum absolute atomic E-state index is 0.0491. The van der Waals surface area contributed by atoms with Crippen molar-refractivity contribution in [2.45, 2.75) is 50.3 Å². The molecule has 2 bridgehead atoms. The number of halogens is 1. The van der Waals surface area contributed by atoms with Crippen LogP contribution in [0.3, 0.4) is 0 Å². The summed E-state index contributed by atoms with van der Waals surface area (Å²) in [5.74, 6) is -0.250. The maximum absolute atomic E-state index is 12.2. The highest BCUT2D eigenvalue weighted by atomic mass is 35.5. The van der Waals surface area contributed by atoms with E-state index < -0.39 is 0 Å². The molecule has 1 aromatic rings. The van der Waals surface area contributed by atoms with E-state index in [2.05, 4.69) is 11.9 Å². The summed E-state index contributed by atoms with van der Waals surface area (Å²) in [6.45, 7) is 0. The summed E-state index contributed by atoms with van der Waals surface area (Å²) in [5, 5.41) is 0.569. The molecular weight excluding hydrogens is 274 g/mol. The number of nitrogens with zero attached hydrogens (tertiary/aromatic N) is 1. The molecule has 0 amide bonds. The first-order valence-corrected chi connectivity index (χ1v) is 7.70. The van der Waals surface area contributed by atoms with Crippen molar-refractivity contribution in [2.75, 3.05) is 7.05 Å². The van der Waals surface area contributed by atoms with Crippen molar-refractivity contribution in [1.29, 1.82) is 0 Å². The predicted molar refractivity (Wildman–Crippen MR) is 79.1 cm³/mol. The van der Waals surface area contributed by atoms with E-state index in [1.165, 1.54) is 19.3 Å². The zero-order valence-electron chi connectivity index (χ0n) is 11.7. The van der Waals surface area contributed by atoms with E-state index in [9.17, 15) is 4.79 Å². The second-order valence-electron chi connectivity index (χ2n) is 5.91. The van der Waals surface area contributed by atoms with E-state index in [1.54, 1.807) is 24.3 Å². The smallest absolute Gasteiger partial charge is 0.338 e. The Bertz CT molecular complexity index is 491. The van der Waals surface area contributed by atoms with Gasteiger partial charge in [-0.2, -0.15) is 0 Å². The summed E-state index contributed by atoms with van der Waals surface area (Å²) in [5.41, 5.74) is 0.543. The van der Waals surface area contributed by atoms with Gasteiger partial charge in [0.2, 0.25) is 0 Å². The van der Waals surface area contributed by atoms with Crippen LogP contribution >= 0.6 is 11.6 Å².